The first-order valence-corrected chi connectivity index (χ1v) is 4.54. The zero-order valence-electron chi connectivity index (χ0n) is 7.53. The molecule has 0 bridgehead atoms. The number of H-pyrrole nitrogens is 1. The normalized spacial score (nSPS) is 10.9. The minimum absolute atomic E-state index is 0.931. The van der Waals surface area contributed by atoms with Gasteiger partial charge in [0.2, 0.25) is 0 Å². The molecule has 2 aromatic heterocycles. The van der Waals surface area contributed by atoms with Gasteiger partial charge in [-0.2, -0.15) is 0 Å². The van der Waals surface area contributed by atoms with Crippen molar-refractivity contribution in [2.75, 3.05) is 0 Å². The van der Waals surface area contributed by atoms with Gasteiger partial charge in [-0.25, -0.2) is 0 Å². The van der Waals surface area contributed by atoms with Crippen molar-refractivity contribution >= 4 is 11.0 Å². The molecule has 0 aliphatic heterocycles. The summed E-state index contributed by atoms with van der Waals surface area (Å²) in [4.78, 5) is 3.18. The van der Waals surface area contributed by atoms with Crippen molar-refractivity contribution in [3.63, 3.8) is 0 Å². The molecule has 0 fully saturated rings. The van der Waals surface area contributed by atoms with Crippen LogP contribution in [0.1, 0.15) is 0 Å². The lowest BCUT2D eigenvalue weighted by atomic mass is 10.1. The zero-order valence-corrected chi connectivity index (χ0v) is 7.53. The Labute approximate surface area is 81.2 Å². The highest BCUT2D eigenvalue weighted by molar-refractivity contribution is 5.82. The lowest BCUT2D eigenvalue weighted by Gasteiger charge is -1.97. The quantitative estimate of drug-likeness (QED) is 0.615. The molecule has 1 N–H and O–H groups in total. The van der Waals surface area contributed by atoms with E-state index in [-0.39, 0.29) is 0 Å². The number of rotatable bonds is 1. The van der Waals surface area contributed by atoms with Gasteiger partial charge in [-0.15, -0.1) is 0 Å². The molecule has 2 heterocycles. The number of hydrogen-bond acceptors (Lipinski definition) is 1. The average Bonchev–Trinajstić information content (AvgIpc) is 2.88. The number of aromatic nitrogens is 1. The molecule has 68 valence electrons. The maximum Gasteiger partial charge on any atom is 0.133 e. The molecular formula is C12H9NO. The van der Waals surface area contributed by atoms with Crippen molar-refractivity contribution in [3.05, 3.63) is 48.9 Å². The second-order valence-corrected chi connectivity index (χ2v) is 3.26. The van der Waals surface area contributed by atoms with Crippen molar-refractivity contribution in [2.45, 2.75) is 0 Å². The van der Waals surface area contributed by atoms with Crippen LogP contribution in [0.15, 0.2) is 53.3 Å². The van der Waals surface area contributed by atoms with Gasteiger partial charge < -0.3 is 9.40 Å². The molecule has 0 unspecified atom stereocenters. The minimum atomic E-state index is 0.931. The summed E-state index contributed by atoms with van der Waals surface area (Å²) in [7, 11) is 0. The third-order valence-corrected chi connectivity index (χ3v) is 2.36. The molecule has 3 aromatic rings. The van der Waals surface area contributed by atoms with Crippen molar-refractivity contribution < 1.29 is 4.42 Å². The third kappa shape index (κ3) is 1.04. The number of aromatic amines is 1. The molecule has 14 heavy (non-hydrogen) atoms. The van der Waals surface area contributed by atoms with E-state index in [1.54, 1.807) is 6.26 Å². The van der Waals surface area contributed by atoms with Crippen LogP contribution in [0.3, 0.4) is 0 Å². The molecule has 0 amide bonds. The predicted octanol–water partition coefficient (Wildman–Crippen LogP) is 3.43. The van der Waals surface area contributed by atoms with E-state index < -0.39 is 0 Å². The van der Waals surface area contributed by atoms with Crippen molar-refractivity contribution in [3.8, 4) is 11.3 Å². The van der Waals surface area contributed by atoms with Gasteiger partial charge in [0.25, 0.3) is 0 Å². The summed E-state index contributed by atoms with van der Waals surface area (Å²) >= 11 is 0. The number of hydrogen-bond donors (Lipinski definition) is 1. The highest BCUT2D eigenvalue weighted by Crippen LogP contribution is 2.23. The van der Waals surface area contributed by atoms with E-state index in [0.717, 1.165) is 16.7 Å². The minimum Gasteiger partial charge on any atom is -0.464 e. The second-order valence-electron chi connectivity index (χ2n) is 3.26. The Balaban J connectivity index is 2.23. The molecule has 0 spiro atoms. The van der Waals surface area contributed by atoms with Gasteiger partial charge in [0.1, 0.15) is 5.58 Å². The SMILES string of the molecule is c1c[nH]c(-c2ccc3occc3c2)c1. The van der Waals surface area contributed by atoms with Crippen LogP contribution in [0.2, 0.25) is 0 Å². The van der Waals surface area contributed by atoms with Crippen molar-refractivity contribution in [2.24, 2.45) is 0 Å². The maximum absolute atomic E-state index is 5.28. The van der Waals surface area contributed by atoms with E-state index in [9.17, 15) is 0 Å². The topological polar surface area (TPSA) is 28.9 Å². The summed E-state index contributed by atoms with van der Waals surface area (Å²) in [5, 5.41) is 1.14. The molecular weight excluding hydrogens is 174 g/mol. The molecule has 2 heteroatoms. The summed E-state index contributed by atoms with van der Waals surface area (Å²) < 4.78 is 5.28. The standard InChI is InChI=1S/C12H9NO/c1-2-11(13-6-1)9-3-4-12-10(8-9)5-7-14-12/h1-8,13H. The molecule has 0 aliphatic rings. The molecule has 0 aliphatic carbocycles. The van der Waals surface area contributed by atoms with Crippen LogP contribution in [-0.2, 0) is 0 Å². The number of nitrogens with one attached hydrogen (secondary N) is 1. The number of fused-ring (bicyclic) bond motifs is 1. The Kier molecular flexibility index (Phi) is 1.47. The van der Waals surface area contributed by atoms with Crippen LogP contribution in [0, 0.1) is 0 Å². The highest BCUT2D eigenvalue weighted by atomic mass is 16.3. The van der Waals surface area contributed by atoms with E-state index in [1.807, 2.05) is 24.4 Å². The van der Waals surface area contributed by atoms with Gasteiger partial charge in [-0.3, -0.25) is 0 Å². The zero-order chi connectivity index (χ0) is 9.38. The van der Waals surface area contributed by atoms with E-state index in [1.165, 1.54) is 5.56 Å². The third-order valence-electron chi connectivity index (χ3n) is 2.36. The first-order valence-electron chi connectivity index (χ1n) is 4.54. The van der Waals surface area contributed by atoms with E-state index in [2.05, 4.69) is 23.2 Å². The largest absolute Gasteiger partial charge is 0.464 e. The van der Waals surface area contributed by atoms with Gasteiger partial charge in [-0.1, -0.05) is 0 Å². The monoisotopic (exact) mass is 183 g/mol. The summed E-state index contributed by atoms with van der Waals surface area (Å²) in [6.45, 7) is 0. The summed E-state index contributed by atoms with van der Waals surface area (Å²) in [5.74, 6) is 0. The van der Waals surface area contributed by atoms with Crippen LogP contribution in [0.4, 0.5) is 0 Å². The van der Waals surface area contributed by atoms with Crippen LogP contribution in [0.5, 0.6) is 0 Å². The van der Waals surface area contributed by atoms with E-state index >= 15 is 0 Å². The average molecular weight is 183 g/mol. The summed E-state index contributed by atoms with van der Waals surface area (Å²) in [6, 6.07) is 12.2. The van der Waals surface area contributed by atoms with Crippen LogP contribution in [-0.4, -0.2) is 4.98 Å². The smallest absolute Gasteiger partial charge is 0.133 e. The Bertz CT molecular complexity index is 548. The molecule has 0 saturated heterocycles. The van der Waals surface area contributed by atoms with Gasteiger partial charge in [0.05, 0.1) is 6.26 Å². The number of furan rings is 1. The Morgan fingerprint density at radius 1 is 1.07 bits per heavy atom. The van der Waals surface area contributed by atoms with Crippen LogP contribution >= 0.6 is 0 Å². The molecule has 2 nitrogen and oxygen atoms in total. The maximum atomic E-state index is 5.28. The molecule has 0 atom stereocenters. The Morgan fingerprint density at radius 2 is 2.07 bits per heavy atom. The highest BCUT2D eigenvalue weighted by Gasteiger charge is 2.00. The van der Waals surface area contributed by atoms with E-state index in [4.69, 9.17) is 4.42 Å². The number of benzene rings is 1. The predicted molar refractivity (Wildman–Crippen MR) is 56.0 cm³/mol. The van der Waals surface area contributed by atoms with E-state index in [0.29, 0.717) is 0 Å². The fraction of sp³-hybridized carbons (Fsp3) is 0. The first-order chi connectivity index (χ1) is 6.93. The van der Waals surface area contributed by atoms with Gasteiger partial charge in [-0.05, 0) is 42.0 Å². The molecule has 0 saturated carbocycles. The summed E-state index contributed by atoms with van der Waals surface area (Å²) in [6.07, 6.45) is 3.64. The lowest BCUT2D eigenvalue weighted by molar-refractivity contribution is 0.616. The fourth-order valence-corrected chi connectivity index (χ4v) is 1.64. The Hall–Kier alpha value is -1.96. The Morgan fingerprint density at radius 3 is 2.93 bits per heavy atom. The second kappa shape index (κ2) is 2.77. The van der Waals surface area contributed by atoms with Crippen molar-refractivity contribution in [1.82, 2.24) is 4.98 Å². The van der Waals surface area contributed by atoms with Crippen LogP contribution in [0.25, 0.3) is 22.2 Å². The van der Waals surface area contributed by atoms with Gasteiger partial charge >= 0.3 is 0 Å². The van der Waals surface area contributed by atoms with Crippen molar-refractivity contribution in [1.29, 1.82) is 0 Å². The first kappa shape index (κ1) is 7.44. The molecule has 1 aromatic carbocycles. The fourth-order valence-electron chi connectivity index (χ4n) is 1.64. The molecule has 3 rings (SSSR count). The van der Waals surface area contributed by atoms with Gasteiger partial charge in [0, 0.05) is 17.3 Å². The summed E-state index contributed by atoms with van der Waals surface area (Å²) in [5.41, 5.74) is 3.25. The van der Waals surface area contributed by atoms with Crippen LogP contribution < -0.4 is 0 Å². The molecule has 0 radical (unpaired) electrons. The van der Waals surface area contributed by atoms with Gasteiger partial charge in [0.15, 0.2) is 0 Å². The lowest BCUT2D eigenvalue weighted by Crippen LogP contribution is -1.75.